The molecule has 3 aliphatic carbocycles. The molecule has 1 atom stereocenters. The molecule has 0 spiro atoms. The van der Waals surface area contributed by atoms with Crippen LogP contribution in [0.5, 0.6) is 0 Å². The fraction of sp³-hybridized carbons (Fsp3) is 0.812. The minimum absolute atomic E-state index is 0.129. The maximum absolute atomic E-state index is 12.7. The third-order valence-corrected chi connectivity index (χ3v) is 5.97. The molecule has 0 radical (unpaired) electrons. The minimum atomic E-state index is -0.625. The van der Waals surface area contributed by atoms with E-state index in [0.29, 0.717) is 12.5 Å². The minimum Gasteiger partial charge on any atom is -0.277 e. The standard InChI is InChI=1S/C16H22N2O3/c19-13-12(10-3-1-2-4-10)14(20)18(15(21)17-13)9-16(7-8-16)11-5-6-11/h10-12H,1-9H2,(H,17,19,21). The summed E-state index contributed by atoms with van der Waals surface area (Å²) in [6.45, 7) is 0.527. The van der Waals surface area contributed by atoms with Crippen molar-refractivity contribution in [3.8, 4) is 0 Å². The topological polar surface area (TPSA) is 66.5 Å². The normalized spacial score (nSPS) is 32.5. The van der Waals surface area contributed by atoms with Crippen LogP contribution in [0.4, 0.5) is 4.79 Å². The van der Waals surface area contributed by atoms with Crippen molar-refractivity contribution < 1.29 is 14.4 Å². The monoisotopic (exact) mass is 290 g/mol. The Hall–Kier alpha value is -1.39. The van der Waals surface area contributed by atoms with Gasteiger partial charge in [0.1, 0.15) is 5.92 Å². The molecule has 1 saturated heterocycles. The number of urea groups is 1. The third-order valence-electron chi connectivity index (χ3n) is 5.97. The summed E-state index contributed by atoms with van der Waals surface area (Å²) in [5.41, 5.74) is 0.188. The van der Waals surface area contributed by atoms with E-state index in [-0.39, 0.29) is 23.1 Å². The summed E-state index contributed by atoms with van der Waals surface area (Å²) in [4.78, 5) is 38.3. The molecular formula is C16H22N2O3. The molecule has 4 fully saturated rings. The molecule has 4 amide bonds. The Bertz CT molecular complexity index is 502. The molecule has 0 aromatic rings. The van der Waals surface area contributed by atoms with E-state index >= 15 is 0 Å². The van der Waals surface area contributed by atoms with Gasteiger partial charge in [-0.25, -0.2) is 4.79 Å². The molecule has 4 aliphatic rings. The summed E-state index contributed by atoms with van der Waals surface area (Å²) in [6.07, 6.45) is 8.74. The first-order valence-electron chi connectivity index (χ1n) is 8.27. The van der Waals surface area contributed by atoms with Crippen LogP contribution in [0.1, 0.15) is 51.4 Å². The molecule has 0 bridgehead atoms. The predicted molar refractivity (Wildman–Crippen MR) is 75.1 cm³/mol. The largest absolute Gasteiger partial charge is 0.330 e. The highest BCUT2D eigenvalue weighted by Gasteiger charge is 2.57. The molecule has 0 aromatic heterocycles. The van der Waals surface area contributed by atoms with Crippen molar-refractivity contribution in [2.75, 3.05) is 6.54 Å². The van der Waals surface area contributed by atoms with Crippen LogP contribution in [0.3, 0.4) is 0 Å². The van der Waals surface area contributed by atoms with Crippen LogP contribution in [0.2, 0.25) is 0 Å². The van der Waals surface area contributed by atoms with Crippen molar-refractivity contribution in [1.82, 2.24) is 10.2 Å². The lowest BCUT2D eigenvalue weighted by Gasteiger charge is -2.35. The van der Waals surface area contributed by atoms with Crippen molar-refractivity contribution in [1.29, 1.82) is 0 Å². The van der Waals surface area contributed by atoms with Crippen LogP contribution in [0.15, 0.2) is 0 Å². The maximum Gasteiger partial charge on any atom is 0.330 e. The van der Waals surface area contributed by atoms with E-state index in [1.54, 1.807) is 0 Å². The van der Waals surface area contributed by atoms with Crippen molar-refractivity contribution in [3.63, 3.8) is 0 Å². The summed E-state index contributed by atoms with van der Waals surface area (Å²) in [5.74, 6) is -0.406. The Kier molecular flexibility index (Phi) is 2.88. The zero-order chi connectivity index (χ0) is 14.6. The second-order valence-corrected chi connectivity index (χ2v) is 7.38. The molecule has 3 saturated carbocycles. The summed E-state index contributed by atoms with van der Waals surface area (Å²) < 4.78 is 0. The first-order chi connectivity index (χ1) is 10.1. The highest BCUT2D eigenvalue weighted by atomic mass is 16.2. The van der Waals surface area contributed by atoms with Crippen LogP contribution < -0.4 is 5.32 Å². The first-order valence-corrected chi connectivity index (χ1v) is 8.27. The van der Waals surface area contributed by atoms with Crippen molar-refractivity contribution in [3.05, 3.63) is 0 Å². The smallest absolute Gasteiger partial charge is 0.277 e. The van der Waals surface area contributed by atoms with Gasteiger partial charge >= 0.3 is 6.03 Å². The van der Waals surface area contributed by atoms with Gasteiger partial charge in [0.25, 0.3) is 0 Å². The van der Waals surface area contributed by atoms with Crippen LogP contribution in [-0.4, -0.2) is 29.3 Å². The Morgan fingerprint density at radius 2 is 1.71 bits per heavy atom. The highest BCUT2D eigenvalue weighted by Crippen LogP contribution is 2.61. The molecule has 5 nitrogen and oxygen atoms in total. The Morgan fingerprint density at radius 1 is 1.05 bits per heavy atom. The predicted octanol–water partition coefficient (Wildman–Crippen LogP) is 2.06. The average molecular weight is 290 g/mol. The second-order valence-electron chi connectivity index (χ2n) is 7.38. The lowest BCUT2D eigenvalue weighted by atomic mass is 9.87. The summed E-state index contributed by atoms with van der Waals surface area (Å²) in [5, 5.41) is 2.42. The maximum atomic E-state index is 12.7. The number of nitrogens with one attached hydrogen (secondary N) is 1. The van der Waals surface area contributed by atoms with E-state index in [1.807, 2.05) is 0 Å². The zero-order valence-corrected chi connectivity index (χ0v) is 12.3. The molecule has 21 heavy (non-hydrogen) atoms. The number of barbiturate groups is 1. The van der Waals surface area contributed by atoms with Gasteiger partial charge in [-0.2, -0.15) is 0 Å². The average Bonchev–Trinajstić information content (AvgIpc) is 3.35. The molecule has 1 unspecified atom stereocenters. The number of amides is 4. The molecule has 1 aliphatic heterocycles. The van der Waals surface area contributed by atoms with E-state index in [9.17, 15) is 14.4 Å². The van der Waals surface area contributed by atoms with Gasteiger partial charge < -0.3 is 0 Å². The summed E-state index contributed by atoms with van der Waals surface area (Å²) in [6, 6.07) is -0.494. The first kappa shape index (κ1) is 13.3. The van der Waals surface area contributed by atoms with Gasteiger partial charge in [-0.1, -0.05) is 12.8 Å². The van der Waals surface area contributed by atoms with E-state index in [0.717, 1.165) is 38.5 Å². The molecule has 1 N–H and O–H groups in total. The number of hydrogen-bond donors (Lipinski definition) is 1. The summed E-state index contributed by atoms with van der Waals surface area (Å²) in [7, 11) is 0. The molecule has 4 rings (SSSR count). The number of carbonyl (C=O) groups excluding carboxylic acids is 3. The van der Waals surface area contributed by atoms with Crippen molar-refractivity contribution in [2.24, 2.45) is 23.2 Å². The lowest BCUT2D eigenvalue weighted by Crippen LogP contribution is -2.60. The Labute approximate surface area is 124 Å². The fourth-order valence-corrected chi connectivity index (χ4v) is 4.35. The number of hydrogen-bond acceptors (Lipinski definition) is 3. The second kappa shape index (κ2) is 4.55. The summed E-state index contributed by atoms with van der Waals surface area (Å²) >= 11 is 0. The molecule has 5 heteroatoms. The fourth-order valence-electron chi connectivity index (χ4n) is 4.35. The van der Waals surface area contributed by atoms with Crippen LogP contribution in [-0.2, 0) is 9.59 Å². The van der Waals surface area contributed by atoms with Gasteiger partial charge in [-0.3, -0.25) is 19.8 Å². The van der Waals surface area contributed by atoms with Gasteiger partial charge in [0.05, 0.1) is 0 Å². The SMILES string of the molecule is O=C1NC(=O)N(CC2(C3CC3)CC2)C(=O)C1C1CCCC1. The molecule has 1 heterocycles. The van der Waals surface area contributed by atoms with Crippen LogP contribution in [0, 0.1) is 23.2 Å². The molecule has 114 valence electrons. The van der Waals surface area contributed by atoms with Crippen molar-refractivity contribution in [2.45, 2.75) is 51.4 Å². The van der Waals surface area contributed by atoms with E-state index in [4.69, 9.17) is 0 Å². The van der Waals surface area contributed by atoms with Gasteiger partial charge in [0, 0.05) is 6.54 Å². The number of carbonyl (C=O) groups is 3. The number of rotatable bonds is 4. The number of imide groups is 2. The van der Waals surface area contributed by atoms with Gasteiger partial charge in [-0.05, 0) is 55.8 Å². The molecule has 0 aromatic carbocycles. The third kappa shape index (κ3) is 2.17. The van der Waals surface area contributed by atoms with Crippen LogP contribution >= 0.6 is 0 Å². The Balaban J connectivity index is 1.53. The van der Waals surface area contributed by atoms with Crippen molar-refractivity contribution >= 4 is 17.8 Å². The molecular weight excluding hydrogens is 268 g/mol. The van der Waals surface area contributed by atoms with Crippen LogP contribution in [0.25, 0.3) is 0 Å². The van der Waals surface area contributed by atoms with Gasteiger partial charge in [-0.15, -0.1) is 0 Å². The lowest BCUT2D eigenvalue weighted by molar-refractivity contribution is -0.145. The quantitative estimate of drug-likeness (QED) is 0.806. The number of nitrogens with zero attached hydrogens (tertiary/aromatic N) is 1. The Morgan fingerprint density at radius 3 is 2.29 bits per heavy atom. The van der Waals surface area contributed by atoms with E-state index < -0.39 is 11.9 Å². The van der Waals surface area contributed by atoms with Gasteiger partial charge in [0.15, 0.2) is 0 Å². The van der Waals surface area contributed by atoms with E-state index in [2.05, 4.69) is 5.32 Å². The van der Waals surface area contributed by atoms with Gasteiger partial charge in [0.2, 0.25) is 11.8 Å². The highest BCUT2D eigenvalue weighted by molar-refractivity contribution is 6.16. The van der Waals surface area contributed by atoms with E-state index in [1.165, 1.54) is 17.7 Å². The zero-order valence-electron chi connectivity index (χ0n) is 12.3.